The van der Waals surface area contributed by atoms with E-state index in [1.165, 1.54) is 12.8 Å². The molecule has 1 aliphatic rings. The summed E-state index contributed by atoms with van der Waals surface area (Å²) >= 11 is 0. The van der Waals surface area contributed by atoms with Crippen molar-refractivity contribution >= 4 is 5.97 Å². The summed E-state index contributed by atoms with van der Waals surface area (Å²) in [6, 6.07) is 0.978. The van der Waals surface area contributed by atoms with Crippen molar-refractivity contribution in [3.8, 4) is 0 Å². The number of carboxylic acids is 1. The van der Waals surface area contributed by atoms with Crippen LogP contribution in [0.2, 0.25) is 0 Å². The molecule has 1 aliphatic heterocycles. The molecule has 5 heteroatoms. The first-order valence-electron chi connectivity index (χ1n) is 8.07. The van der Waals surface area contributed by atoms with E-state index in [-0.39, 0.29) is 12.1 Å². The van der Waals surface area contributed by atoms with Gasteiger partial charge in [-0.25, -0.2) is 0 Å². The van der Waals surface area contributed by atoms with Crippen LogP contribution in [0.3, 0.4) is 0 Å². The highest BCUT2D eigenvalue weighted by Gasteiger charge is 2.38. The lowest BCUT2D eigenvalue weighted by atomic mass is 9.91. The first-order valence-corrected chi connectivity index (χ1v) is 8.07. The van der Waals surface area contributed by atoms with Crippen LogP contribution < -0.4 is 5.32 Å². The van der Waals surface area contributed by atoms with E-state index < -0.39 is 11.5 Å². The monoisotopic (exact) mass is 299 g/mol. The number of likely N-dealkylation sites (tertiary alicyclic amines) is 1. The number of hydrogen-bond acceptors (Lipinski definition) is 4. The van der Waals surface area contributed by atoms with Crippen LogP contribution in [0.5, 0.6) is 0 Å². The van der Waals surface area contributed by atoms with Gasteiger partial charge in [0.2, 0.25) is 0 Å². The maximum Gasteiger partial charge on any atom is 0.323 e. The summed E-state index contributed by atoms with van der Waals surface area (Å²) in [5.74, 6) is -0.758. The fourth-order valence-corrected chi connectivity index (χ4v) is 3.61. The van der Waals surface area contributed by atoms with E-state index >= 15 is 0 Å². The molecular weight excluding hydrogens is 266 g/mol. The van der Waals surface area contributed by atoms with Crippen LogP contribution >= 0.6 is 0 Å². The maximum absolute atomic E-state index is 11.7. The Morgan fingerprint density at radius 3 is 2.52 bits per heavy atom. The third kappa shape index (κ3) is 5.24. The van der Waals surface area contributed by atoms with E-state index in [0.717, 1.165) is 13.1 Å². The Labute approximate surface area is 129 Å². The zero-order valence-electron chi connectivity index (χ0n) is 14.5. The third-order valence-electron chi connectivity index (χ3n) is 4.35. The molecule has 2 N–H and O–H groups in total. The number of hydrogen-bond donors (Lipinski definition) is 2. The largest absolute Gasteiger partial charge is 0.480 e. The quantitative estimate of drug-likeness (QED) is 0.713. The molecule has 0 aromatic carbocycles. The van der Waals surface area contributed by atoms with Gasteiger partial charge in [0.25, 0.3) is 0 Å². The normalized spacial score (nSPS) is 24.5. The molecule has 3 unspecified atom stereocenters. The molecule has 21 heavy (non-hydrogen) atoms. The number of nitrogens with zero attached hydrogens (tertiary/aromatic N) is 2. The molecule has 1 rings (SSSR count). The van der Waals surface area contributed by atoms with Gasteiger partial charge in [-0.05, 0) is 67.6 Å². The molecule has 0 aromatic heterocycles. The smallest absolute Gasteiger partial charge is 0.323 e. The summed E-state index contributed by atoms with van der Waals surface area (Å²) in [7, 11) is 4.20. The summed E-state index contributed by atoms with van der Waals surface area (Å²) in [6.45, 7) is 10.1. The summed E-state index contributed by atoms with van der Waals surface area (Å²) < 4.78 is 0. The fraction of sp³-hybridized carbons (Fsp3) is 0.938. The topological polar surface area (TPSA) is 55.8 Å². The number of carboxylic acid groups (broad SMARTS) is 1. The van der Waals surface area contributed by atoms with E-state index in [9.17, 15) is 9.90 Å². The third-order valence-corrected chi connectivity index (χ3v) is 4.35. The Morgan fingerprint density at radius 2 is 2.05 bits per heavy atom. The molecule has 0 aliphatic carbocycles. The molecule has 1 saturated heterocycles. The highest BCUT2D eigenvalue weighted by atomic mass is 16.4. The molecule has 1 fully saturated rings. The molecule has 5 nitrogen and oxygen atoms in total. The minimum atomic E-state index is -0.862. The lowest BCUT2D eigenvalue weighted by Crippen LogP contribution is -2.56. The summed E-state index contributed by atoms with van der Waals surface area (Å²) in [6.07, 6.45) is 3.05. The number of rotatable bonds is 8. The van der Waals surface area contributed by atoms with E-state index in [1.54, 1.807) is 0 Å². The molecule has 0 spiro atoms. The van der Waals surface area contributed by atoms with E-state index in [2.05, 4.69) is 36.1 Å². The Morgan fingerprint density at radius 1 is 1.43 bits per heavy atom. The Balaban J connectivity index is 2.72. The van der Waals surface area contributed by atoms with Crippen LogP contribution in [0.4, 0.5) is 0 Å². The van der Waals surface area contributed by atoms with Crippen molar-refractivity contribution in [1.29, 1.82) is 0 Å². The summed E-state index contributed by atoms with van der Waals surface area (Å²) in [5.41, 5.74) is -0.862. The second-order valence-electron chi connectivity index (χ2n) is 7.29. The van der Waals surface area contributed by atoms with Crippen LogP contribution in [0.25, 0.3) is 0 Å². The summed E-state index contributed by atoms with van der Waals surface area (Å²) in [5, 5.41) is 12.8. The second kappa shape index (κ2) is 7.56. The van der Waals surface area contributed by atoms with Crippen LogP contribution in [-0.2, 0) is 4.79 Å². The highest BCUT2D eigenvalue weighted by Crippen LogP contribution is 2.25. The van der Waals surface area contributed by atoms with Gasteiger partial charge in [-0.3, -0.25) is 15.0 Å². The average molecular weight is 299 g/mol. The maximum atomic E-state index is 11.7. The lowest BCUT2D eigenvalue weighted by molar-refractivity contribution is -0.145. The SMILES string of the molecule is CC(C)NC(C)(CC(C)N1CCCC1CN(C)C)C(=O)O. The van der Waals surface area contributed by atoms with Crippen LogP contribution in [0.15, 0.2) is 0 Å². The lowest BCUT2D eigenvalue weighted by Gasteiger charge is -2.37. The van der Waals surface area contributed by atoms with Crippen molar-refractivity contribution < 1.29 is 9.90 Å². The van der Waals surface area contributed by atoms with Crippen molar-refractivity contribution in [2.24, 2.45) is 0 Å². The average Bonchev–Trinajstić information content (AvgIpc) is 2.74. The molecule has 0 amide bonds. The standard InChI is InChI=1S/C16H33N3O2/c1-12(2)17-16(4,15(20)21)10-13(3)19-9-7-8-14(19)11-18(5)6/h12-14,17H,7-11H2,1-6H3,(H,20,21). The van der Waals surface area contributed by atoms with Crippen molar-refractivity contribution in [3.05, 3.63) is 0 Å². The minimum absolute atomic E-state index is 0.162. The van der Waals surface area contributed by atoms with Gasteiger partial charge in [0.1, 0.15) is 5.54 Å². The van der Waals surface area contributed by atoms with E-state index in [0.29, 0.717) is 12.5 Å². The first kappa shape index (κ1) is 18.4. The molecule has 3 atom stereocenters. The van der Waals surface area contributed by atoms with Gasteiger partial charge in [0.05, 0.1) is 0 Å². The Bertz CT molecular complexity index is 346. The molecule has 0 bridgehead atoms. The molecular formula is C16H33N3O2. The first-order chi connectivity index (χ1) is 9.65. The van der Waals surface area contributed by atoms with E-state index in [1.807, 2.05) is 20.8 Å². The number of carbonyl (C=O) groups is 1. The Hall–Kier alpha value is -0.650. The van der Waals surface area contributed by atoms with Crippen LogP contribution in [-0.4, -0.2) is 71.7 Å². The zero-order valence-corrected chi connectivity index (χ0v) is 14.5. The second-order valence-corrected chi connectivity index (χ2v) is 7.29. The van der Waals surface area contributed by atoms with Gasteiger partial charge in [0, 0.05) is 24.7 Å². The summed E-state index contributed by atoms with van der Waals surface area (Å²) in [4.78, 5) is 16.4. The number of likely N-dealkylation sites (N-methyl/N-ethyl adjacent to an activating group) is 1. The predicted molar refractivity (Wildman–Crippen MR) is 86.7 cm³/mol. The van der Waals surface area contributed by atoms with Crippen molar-refractivity contribution in [2.45, 2.75) is 70.6 Å². The molecule has 0 saturated carbocycles. The van der Waals surface area contributed by atoms with Crippen LogP contribution in [0, 0.1) is 0 Å². The van der Waals surface area contributed by atoms with Crippen molar-refractivity contribution in [2.75, 3.05) is 27.2 Å². The van der Waals surface area contributed by atoms with Gasteiger partial charge >= 0.3 is 5.97 Å². The molecule has 0 aromatic rings. The van der Waals surface area contributed by atoms with E-state index in [4.69, 9.17) is 0 Å². The molecule has 124 valence electrons. The number of nitrogens with one attached hydrogen (secondary N) is 1. The van der Waals surface area contributed by atoms with Gasteiger partial charge in [-0.2, -0.15) is 0 Å². The zero-order chi connectivity index (χ0) is 16.2. The molecule has 1 heterocycles. The van der Waals surface area contributed by atoms with Gasteiger partial charge in [-0.1, -0.05) is 0 Å². The minimum Gasteiger partial charge on any atom is -0.480 e. The predicted octanol–water partition coefficient (Wildman–Crippen LogP) is 1.63. The highest BCUT2D eigenvalue weighted by molar-refractivity contribution is 5.78. The van der Waals surface area contributed by atoms with Crippen LogP contribution in [0.1, 0.15) is 47.0 Å². The van der Waals surface area contributed by atoms with Gasteiger partial charge in [-0.15, -0.1) is 0 Å². The fourth-order valence-electron chi connectivity index (χ4n) is 3.61. The van der Waals surface area contributed by atoms with Crippen molar-refractivity contribution in [1.82, 2.24) is 15.1 Å². The van der Waals surface area contributed by atoms with Gasteiger partial charge < -0.3 is 10.0 Å². The van der Waals surface area contributed by atoms with Gasteiger partial charge in [0.15, 0.2) is 0 Å². The molecule has 0 radical (unpaired) electrons. The van der Waals surface area contributed by atoms with Crippen molar-refractivity contribution in [3.63, 3.8) is 0 Å². The number of aliphatic carboxylic acids is 1. The Kier molecular flexibility index (Phi) is 6.63.